The number of rotatable bonds is 5. The van der Waals surface area contributed by atoms with Crippen LogP contribution in [0, 0.1) is 11.6 Å². The fraction of sp³-hybridized carbons (Fsp3) is 0.346. The number of carbonyl (C=O) groups is 2. The van der Waals surface area contributed by atoms with E-state index in [0.717, 1.165) is 17.5 Å². The van der Waals surface area contributed by atoms with Gasteiger partial charge in [-0.05, 0) is 24.3 Å². The summed E-state index contributed by atoms with van der Waals surface area (Å²) >= 11 is 0. The minimum atomic E-state index is -0.721. The zero-order valence-corrected chi connectivity index (χ0v) is 19.8. The Bertz CT molecular complexity index is 1310. The lowest BCUT2D eigenvalue weighted by Gasteiger charge is -2.35. The first kappa shape index (κ1) is 23.8. The largest absolute Gasteiger partial charge is 0.487 e. The Morgan fingerprint density at radius 2 is 1.86 bits per heavy atom. The summed E-state index contributed by atoms with van der Waals surface area (Å²) in [5.74, 6) is -0.692. The first-order chi connectivity index (χ1) is 17.4. The highest BCUT2D eigenvalue weighted by molar-refractivity contribution is 5.76. The van der Waals surface area contributed by atoms with Crippen molar-refractivity contribution in [3.63, 3.8) is 0 Å². The number of anilines is 1. The molecule has 0 spiro atoms. The molecule has 1 aromatic carbocycles. The lowest BCUT2D eigenvalue weighted by atomic mass is 10.1. The number of hydrogen-bond donors (Lipinski definition) is 0. The van der Waals surface area contributed by atoms with Crippen LogP contribution in [0.2, 0.25) is 0 Å². The second-order valence-corrected chi connectivity index (χ2v) is 8.92. The SMILES string of the molecule is CC(=O)N1CCc2nc(N3CCC(Oc4ccc(F)cc4F)CC3)c(-c3cccc(C=O)n3)nc2C1. The van der Waals surface area contributed by atoms with Crippen LogP contribution in [0.25, 0.3) is 11.4 Å². The molecule has 0 saturated carbocycles. The minimum absolute atomic E-state index is 0.0196. The van der Waals surface area contributed by atoms with Crippen molar-refractivity contribution in [1.82, 2.24) is 19.9 Å². The Hall–Kier alpha value is -3.95. The van der Waals surface area contributed by atoms with E-state index in [1.165, 1.54) is 19.1 Å². The van der Waals surface area contributed by atoms with Gasteiger partial charge < -0.3 is 14.5 Å². The molecule has 2 aliphatic rings. The number of aromatic nitrogens is 3. The van der Waals surface area contributed by atoms with Crippen molar-refractivity contribution >= 4 is 18.0 Å². The van der Waals surface area contributed by atoms with Gasteiger partial charge in [-0.1, -0.05) is 6.07 Å². The van der Waals surface area contributed by atoms with Gasteiger partial charge in [0.1, 0.15) is 23.3 Å². The summed E-state index contributed by atoms with van der Waals surface area (Å²) in [7, 11) is 0. The lowest BCUT2D eigenvalue weighted by molar-refractivity contribution is -0.129. The summed E-state index contributed by atoms with van der Waals surface area (Å²) in [5.41, 5.74) is 2.92. The van der Waals surface area contributed by atoms with E-state index in [2.05, 4.69) is 9.88 Å². The van der Waals surface area contributed by atoms with Crippen LogP contribution in [-0.4, -0.2) is 57.8 Å². The number of fused-ring (bicyclic) bond motifs is 1. The van der Waals surface area contributed by atoms with Crippen molar-refractivity contribution in [2.75, 3.05) is 24.5 Å². The van der Waals surface area contributed by atoms with Gasteiger partial charge in [-0.3, -0.25) is 9.59 Å². The molecule has 1 saturated heterocycles. The molecule has 0 atom stereocenters. The number of halogens is 2. The number of ether oxygens (including phenoxy) is 1. The van der Waals surface area contributed by atoms with Gasteiger partial charge in [0.15, 0.2) is 23.7 Å². The van der Waals surface area contributed by atoms with Gasteiger partial charge >= 0.3 is 0 Å². The molecule has 1 fully saturated rings. The maximum absolute atomic E-state index is 14.0. The van der Waals surface area contributed by atoms with Crippen molar-refractivity contribution in [3.05, 3.63) is 65.1 Å². The van der Waals surface area contributed by atoms with Crippen LogP contribution >= 0.6 is 0 Å². The van der Waals surface area contributed by atoms with Gasteiger partial charge in [0.2, 0.25) is 5.91 Å². The highest BCUT2D eigenvalue weighted by atomic mass is 19.1. The predicted molar refractivity (Wildman–Crippen MR) is 128 cm³/mol. The van der Waals surface area contributed by atoms with Crippen LogP contribution in [-0.2, 0) is 17.8 Å². The quantitative estimate of drug-likeness (QED) is 0.502. The third kappa shape index (κ3) is 4.89. The van der Waals surface area contributed by atoms with Crippen molar-refractivity contribution < 1.29 is 23.1 Å². The molecule has 2 aromatic heterocycles. The van der Waals surface area contributed by atoms with E-state index in [4.69, 9.17) is 14.7 Å². The van der Waals surface area contributed by atoms with Gasteiger partial charge in [0, 0.05) is 51.9 Å². The van der Waals surface area contributed by atoms with Gasteiger partial charge in [0.25, 0.3) is 0 Å². The van der Waals surface area contributed by atoms with Crippen LogP contribution in [0.15, 0.2) is 36.4 Å². The first-order valence-corrected chi connectivity index (χ1v) is 11.9. The maximum Gasteiger partial charge on any atom is 0.219 e. The highest BCUT2D eigenvalue weighted by Gasteiger charge is 2.29. The second kappa shape index (κ2) is 9.96. The standard InChI is InChI=1S/C26H25F2N5O3/c1-16(35)33-12-9-21-23(14-33)30-25(22-4-2-3-18(15-34)29-22)26(31-21)32-10-7-19(8-11-32)36-24-6-5-17(27)13-20(24)28/h2-6,13,15,19H,7-12,14H2,1H3. The fourth-order valence-corrected chi connectivity index (χ4v) is 4.57. The Kier molecular flexibility index (Phi) is 6.58. The number of hydrogen-bond acceptors (Lipinski definition) is 7. The lowest BCUT2D eigenvalue weighted by Crippen LogP contribution is -2.40. The zero-order valence-electron chi connectivity index (χ0n) is 19.8. The van der Waals surface area contributed by atoms with Crippen LogP contribution in [0.5, 0.6) is 5.75 Å². The molecule has 5 rings (SSSR count). The molecule has 186 valence electrons. The smallest absolute Gasteiger partial charge is 0.219 e. The summed E-state index contributed by atoms with van der Waals surface area (Å²) in [6, 6.07) is 8.45. The van der Waals surface area contributed by atoms with Gasteiger partial charge in [-0.15, -0.1) is 0 Å². The third-order valence-corrected chi connectivity index (χ3v) is 6.50. The van der Waals surface area contributed by atoms with E-state index in [1.54, 1.807) is 23.1 Å². The van der Waals surface area contributed by atoms with Crippen molar-refractivity contribution in [3.8, 4) is 17.1 Å². The monoisotopic (exact) mass is 493 g/mol. The predicted octanol–water partition coefficient (Wildman–Crippen LogP) is 3.58. The van der Waals surface area contributed by atoms with Crippen LogP contribution < -0.4 is 9.64 Å². The average molecular weight is 494 g/mol. The van der Waals surface area contributed by atoms with Crippen LogP contribution in [0.4, 0.5) is 14.6 Å². The molecule has 0 bridgehead atoms. The molecular weight excluding hydrogens is 468 g/mol. The van der Waals surface area contributed by atoms with Gasteiger partial charge in [-0.2, -0.15) is 0 Å². The normalized spacial score (nSPS) is 16.0. The highest BCUT2D eigenvalue weighted by Crippen LogP contribution is 2.32. The number of pyridine rings is 1. The number of amides is 1. The van der Waals surface area contributed by atoms with E-state index in [-0.39, 0.29) is 23.5 Å². The summed E-state index contributed by atoms with van der Waals surface area (Å²) in [4.78, 5) is 41.4. The number of piperidine rings is 1. The minimum Gasteiger partial charge on any atom is -0.487 e. The molecule has 4 heterocycles. The Morgan fingerprint density at radius 1 is 1.06 bits per heavy atom. The second-order valence-electron chi connectivity index (χ2n) is 8.92. The Balaban J connectivity index is 1.42. The molecular formula is C26H25F2N5O3. The molecule has 0 N–H and O–H groups in total. The number of carbonyl (C=O) groups excluding carboxylic acids is 2. The summed E-state index contributed by atoms with van der Waals surface area (Å²) in [6.07, 6.45) is 2.27. The van der Waals surface area contributed by atoms with Gasteiger partial charge in [0.05, 0.1) is 23.6 Å². The maximum atomic E-state index is 14.0. The van der Waals surface area contributed by atoms with Crippen LogP contribution in [0.3, 0.4) is 0 Å². The van der Waals surface area contributed by atoms with E-state index in [1.807, 2.05) is 0 Å². The first-order valence-electron chi connectivity index (χ1n) is 11.9. The number of benzene rings is 1. The zero-order chi connectivity index (χ0) is 25.2. The van der Waals surface area contributed by atoms with Crippen molar-refractivity contribution in [2.24, 2.45) is 0 Å². The van der Waals surface area contributed by atoms with Crippen molar-refractivity contribution in [2.45, 2.75) is 38.8 Å². The average Bonchev–Trinajstić information content (AvgIpc) is 2.89. The van der Waals surface area contributed by atoms with E-state index < -0.39 is 11.6 Å². The Labute approximate surface area is 206 Å². The molecule has 8 nitrogen and oxygen atoms in total. The molecule has 2 aliphatic heterocycles. The molecule has 1 amide bonds. The fourth-order valence-electron chi connectivity index (χ4n) is 4.57. The number of nitrogens with zero attached hydrogens (tertiary/aromatic N) is 5. The number of aldehydes is 1. The van der Waals surface area contributed by atoms with Crippen molar-refractivity contribution in [1.29, 1.82) is 0 Å². The molecule has 0 unspecified atom stereocenters. The summed E-state index contributed by atoms with van der Waals surface area (Å²) in [6.45, 7) is 3.65. The molecule has 0 aliphatic carbocycles. The summed E-state index contributed by atoms with van der Waals surface area (Å²) < 4.78 is 33.1. The van der Waals surface area contributed by atoms with E-state index in [0.29, 0.717) is 68.9 Å². The van der Waals surface area contributed by atoms with E-state index in [9.17, 15) is 18.4 Å². The molecule has 36 heavy (non-hydrogen) atoms. The van der Waals surface area contributed by atoms with Gasteiger partial charge in [-0.25, -0.2) is 23.7 Å². The third-order valence-electron chi connectivity index (χ3n) is 6.50. The topological polar surface area (TPSA) is 88.5 Å². The molecule has 3 aromatic rings. The summed E-state index contributed by atoms with van der Waals surface area (Å²) in [5, 5.41) is 0. The van der Waals surface area contributed by atoms with E-state index >= 15 is 0 Å². The molecule has 0 radical (unpaired) electrons. The Morgan fingerprint density at radius 3 is 2.58 bits per heavy atom. The van der Waals surface area contributed by atoms with Crippen LogP contribution in [0.1, 0.15) is 41.6 Å². The molecule has 10 heteroatoms.